The van der Waals surface area contributed by atoms with E-state index in [1.165, 1.54) is 29.8 Å². The second-order valence-electron chi connectivity index (χ2n) is 7.47. The third-order valence-corrected chi connectivity index (χ3v) is 7.24. The van der Waals surface area contributed by atoms with E-state index in [1.807, 2.05) is 41.3 Å². The zero-order valence-electron chi connectivity index (χ0n) is 16.6. The van der Waals surface area contributed by atoms with Gasteiger partial charge in [-0.1, -0.05) is 47.5 Å². The smallest absolute Gasteiger partial charge is 0.240 e. The van der Waals surface area contributed by atoms with Crippen LogP contribution in [-0.2, 0) is 22.9 Å². The molecule has 0 spiro atoms. The van der Waals surface area contributed by atoms with Crippen LogP contribution in [-0.4, -0.2) is 32.7 Å². The molecule has 1 atom stereocenters. The van der Waals surface area contributed by atoms with Crippen LogP contribution in [0.4, 0.5) is 11.4 Å². The van der Waals surface area contributed by atoms with E-state index in [-0.39, 0.29) is 18.0 Å². The molecule has 0 saturated carbocycles. The van der Waals surface area contributed by atoms with Crippen molar-refractivity contribution in [1.29, 1.82) is 0 Å². The fraction of sp³-hybridized carbons (Fsp3) is 0.217. The summed E-state index contributed by atoms with van der Waals surface area (Å²) >= 11 is 12.1. The molecule has 3 aromatic carbocycles. The molecule has 0 fully saturated rings. The standard InChI is InChI=1S/C23H22Cl2N2O3S/c24-18-9-11-21(12-10-18)31(29,30)26-14-20(28)15-27-22-4-2-1-3-16(22)5-6-17-7-8-19(25)13-23(17)27/h1-4,7-13,20,26,28H,5-6,14-15H2. The fourth-order valence-corrected chi connectivity index (χ4v) is 5.12. The molecule has 0 radical (unpaired) electrons. The molecule has 0 aromatic heterocycles. The van der Waals surface area contributed by atoms with Crippen molar-refractivity contribution in [3.05, 3.63) is 87.9 Å². The quantitative estimate of drug-likeness (QED) is 0.546. The number of rotatable bonds is 6. The maximum absolute atomic E-state index is 12.5. The van der Waals surface area contributed by atoms with Gasteiger partial charge in [-0.3, -0.25) is 0 Å². The molecule has 4 rings (SSSR count). The van der Waals surface area contributed by atoms with Crippen LogP contribution in [0.2, 0.25) is 10.0 Å². The van der Waals surface area contributed by atoms with Crippen molar-refractivity contribution < 1.29 is 13.5 Å². The second kappa shape index (κ2) is 9.18. The molecule has 8 heteroatoms. The van der Waals surface area contributed by atoms with Gasteiger partial charge in [-0.05, 0) is 66.4 Å². The summed E-state index contributed by atoms with van der Waals surface area (Å²) in [7, 11) is -3.76. The van der Waals surface area contributed by atoms with Gasteiger partial charge >= 0.3 is 0 Å². The van der Waals surface area contributed by atoms with Gasteiger partial charge in [0.05, 0.1) is 17.5 Å². The van der Waals surface area contributed by atoms with Crippen molar-refractivity contribution in [2.45, 2.75) is 23.8 Å². The Bertz CT molecular complexity index is 1180. The first-order chi connectivity index (χ1) is 14.8. The Kier molecular flexibility index (Phi) is 6.55. The monoisotopic (exact) mass is 476 g/mol. The van der Waals surface area contributed by atoms with Gasteiger partial charge in [-0.25, -0.2) is 13.1 Å². The molecule has 3 aromatic rings. The summed E-state index contributed by atoms with van der Waals surface area (Å²) in [6.45, 7) is 0.0903. The number of para-hydroxylation sites is 1. The lowest BCUT2D eigenvalue weighted by Crippen LogP contribution is -2.39. The van der Waals surface area contributed by atoms with Crippen molar-refractivity contribution in [2.24, 2.45) is 0 Å². The van der Waals surface area contributed by atoms with E-state index < -0.39 is 16.1 Å². The van der Waals surface area contributed by atoms with Crippen molar-refractivity contribution in [3.8, 4) is 0 Å². The number of hydrogen-bond acceptors (Lipinski definition) is 4. The molecular formula is C23H22Cl2N2O3S. The number of halogens is 2. The third-order valence-electron chi connectivity index (χ3n) is 5.31. The van der Waals surface area contributed by atoms with E-state index in [1.54, 1.807) is 0 Å². The number of anilines is 2. The molecule has 1 aliphatic rings. The lowest BCUT2D eigenvalue weighted by atomic mass is 10.0. The largest absolute Gasteiger partial charge is 0.390 e. The van der Waals surface area contributed by atoms with Crippen LogP contribution in [0.3, 0.4) is 0 Å². The van der Waals surface area contributed by atoms with Gasteiger partial charge in [-0.15, -0.1) is 0 Å². The minimum absolute atomic E-state index is 0.0985. The van der Waals surface area contributed by atoms with Gasteiger partial charge < -0.3 is 10.0 Å². The Hall–Kier alpha value is -2.09. The van der Waals surface area contributed by atoms with Crippen molar-refractivity contribution >= 4 is 44.6 Å². The zero-order valence-corrected chi connectivity index (χ0v) is 19.0. The minimum Gasteiger partial charge on any atom is -0.390 e. The van der Waals surface area contributed by atoms with Gasteiger partial charge in [0.15, 0.2) is 0 Å². The predicted octanol–water partition coefficient (Wildman–Crippen LogP) is 4.57. The summed E-state index contributed by atoms with van der Waals surface area (Å²) in [6, 6.07) is 19.7. The maximum atomic E-state index is 12.5. The number of aliphatic hydroxyl groups excluding tert-OH is 1. The van der Waals surface area contributed by atoms with Crippen LogP contribution in [0.5, 0.6) is 0 Å². The average molecular weight is 477 g/mol. The molecule has 1 unspecified atom stereocenters. The summed E-state index contributed by atoms with van der Waals surface area (Å²) in [5.41, 5.74) is 4.22. The summed E-state index contributed by atoms with van der Waals surface area (Å²) in [5, 5.41) is 11.8. The molecule has 0 saturated heterocycles. The first-order valence-electron chi connectivity index (χ1n) is 9.91. The van der Waals surface area contributed by atoms with Crippen molar-refractivity contribution in [2.75, 3.05) is 18.0 Å². The van der Waals surface area contributed by atoms with E-state index in [2.05, 4.69) is 10.8 Å². The van der Waals surface area contributed by atoms with Gasteiger partial charge in [0, 0.05) is 28.0 Å². The molecule has 162 valence electrons. The Morgan fingerprint density at radius 2 is 1.55 bits per heavy atom. The number of aryl methyl sites for hydroxylation is 2. The first-order valence-corrected chi connectivity index (χ1v) is 12.1. The van der Waals surface area contributed by atoms with Gasteiger partial charge in [0.2, 0.25) is 10.0 Å². The van der Waals surface area contributed by atoms with Crippen LogP contribution in [0.25, 0.3) is 0 Å². The van der Waals surface area contributed by atoms with E-state index in [9.17, 15) is 13.5 Å². The summed E-state index contributed by atoms with van der Waals surface area (Å²) in [5.74, 6) is 0. The van der Waals surface area contributed by atoms with Gasteiger partial charge in [0.25, 0.3) is 0 Å². The number of aliphatic hydroxyl groups is 1. The molecule has 0 amide bonds. The van der Waals surface area contributed by atoms with E-state index in [0.717, 1.165) is 29.8 Å². The number of hydrogen-bond donors (Lipinski definition) is 2. The summed E-state index contributed by atoms with van der Waals surface area (Å²) < 4.78 is 27.6. The first kappa shape index (κ1) is 22.1. The Balaban J connectivity index is 1.55. The van der Waals surface area contributed by atoms with Crippen LogP contribution < -0.4 is 9.62 Å². The van der Waals surface area contributed by atoms with E-state index in [4.69, 9.17) is 23.2 Å². The van der Waals surface area contributed by atoms with Crippen LogP contribution in [0.1, 0.15) is 11.1 Å². The van der Waals surface area contributed by atoms with Crippen molar-refractivity contribution in [3.63, 3.8) is 0 Å². The number of nitrogens with zero attached hydrogens (tertiary/aromatic N) is 1. The number of sulfonamides is 1. The van der Waals surface area contributed by atoms with Crippen molar-refractivity contribution in [1.82, 2.24) is 4.72 Å². The Labute approximate surface area is 192 Å². The summed E-state index contributed by atoms with van der Waals surface area (Å²) in [6.07, 6.45) is 0.792. The molecular weight excluding hydrogens is 455 g/mol. The molecule has 1 aliphatic heterocycles. The van der Waals surface area contributed by atoms with E-state index in [0.29, 0.717) is 10.0 Å². The topological polar surface area (TPSA) is 69.6 Å². The zero-order chi connectivity index (χ0) is 22.0. The third kappa shape index (κ3) is 5.05. The Morgan fingerprint density at radius 3 is 2.29 bits per heavy atom. The van der Waals surface area contributed by atoms with Crippen LogP contribution in [0, 0.1) is 0 Å². The van der Waals surface area contributed by atoms with Gasteiger partial charge in [-0.2, -0.15) is 0 Å². The highest BCUT2D eigenvalue weighted by molar-refractivity contribution is 7.89. The molecule has 0 aliphatic carbocycles. The summed E-state index contributed by atoms with van der Waals surface area (Å²) in [4.78, 5) is 2.12. The number of fused-ring (bicyclic) bond motifs is 2. The molecule has 5 nitrogen and oxygen atoms in total. The fourth-order valence-electron chi connectivity index (χ4n) is 3.76. The van der Waals surface area contributed by atoms with E-state index >= 15 is 0 Å². The Morgan fingerprint density at radius 1 is 0.903 bits per heavy atom. The highest BCUT2D eigenvalue weighted by Gasteiger charge is 2.24. The maximum Gasteiger partial charge on any atom is 0.240 e. The highest BCUT2D eigenvalue weighted by atomic mass is 35.5. The second-order valence-corrected chi connectivity index (χ2v) is 10.1. The predicted molar refractivity (Wildman–Crippen MR) is 125 cm³/mol. The van der Waals surface area contributed by atoms with Crippen LogP contribution >= 0.6 is 23.2 Å². The highest BCUT2D eigenvalue weighted by Crippen LogP contribution is 2.37. The van der Waals surface area contributed by atoms with Gasteiger partial charge in [0.1, 0.15) is 0 Å². The molecule has 0 bridgehead atoms. The lowest BCUT2D eigenvalue weighted by molar-refractivity contribution is 0.186. The number of β-amino-alcohol motifs (C(OH)–C–C–N with tert-alkyl or cyclic N) is 1. The molecule has 2 N–H and O–H groups in total. The van der Waals surface area contributed by atoms with Crippen LogP contribution in [0.15, 0.2) is 71.6 Å². The lowest BCUT2D eigenvalue weighted by Gasteiger charge is -2.29. The normalized spacial score (nSPS) is 14.5. The minimum atomic E-state index is -3.76. The number of benzene rings is 3. The molecule has 1 heterocycles. The SMILES string of the molecule is O=S(=O)(NCC(O)CN1c2ccccc2CCc2ccc(Cl)cc21)c1ccc(Cl)cc1. The number of nitrogens with one attached hydrogen (secondary N) is 1. The molecule has 31 heavy (non-hydrogen) atoms. The average Bonchev–Trinajstić information content (AvgIpc) is 2.90.